The van der Waals surface area contributed by atoms with Crippen LogP contribution < -0.4 is 10.0 Å². The van der Waals surface area contributed by atoms with Crippen molar-refractivity contribution in [3.05, 3.63) is 95.3 Å². The summed E-state index contributed by atoms with van der Waals surface area (Å²) in [7, 11) is -4.20. The molecule has 0 saturated carbocycles. The van der Waals surface area contributed by atoms with Crippen LogP contribution in [0.3, 0.4) is 0 Å². The van der Waals surface area contributed by atoms with Crippen LogP contribution in [-0.2, 0) is 16.4 Å². The Bertz CT molecular complexity index is 1240. The van der Waals surface area contributed by atoms with E-state index >= 15 is 0 Å². The van der Waals surface area contributed by atoms with Gasteiger partial charge in [-0.25, -0.2) is 22.9 Å². The highest BCUT2D eigenvalue weighted by molar-refractivity contribution is 7.90. The van der Waals surface area contributed by atoms with Crippen molar-refractivity contribution in [2.24, 2.45) is 0 Å². The number of carboxylic acid groups (broad SMARTS) is 1. The highest BCUT2D eigenvalue weighted by Gasteiger charge is 2.20. The number of nitrogens with zero attached hydrogens (tertiary/aromatic N) is 1. The summed E-state index contributed by atoms with van der Waals surface area (Å²) in [6.07, 6.45) is 2.56. The molecular formula is C23H21N3O6S. The first-order valence-corrected chi connectivity index (χ1v) is 11.4. The van der Waals surface area contributed by atoms with E-state index < -0.39 is 21.9 Å². The number of aromatic nitrogens is 1. The van der Waals surface area contributed by atoms with Crippen LogP contribution in [0.15, 0.2) is 77.8 Å². The minimum Gasteiger partial charge on any atom is -0.477 e. The molecule has 33 heavy (non-hydrogen) atoms. The SMILES string of the molecule is O=C(NCCCc1ccccc1)c1ccc(S(=O)(=O)NC(=O)c2ccc(C(=O)O)nc2)cc1. The van der Waals surface area contributed by atoms with Gasteiger partial charge < -0.3 is 10.4 Å². The van der Waals surface area contributed by atoms with Gasteiger partial charge >= 0.3 is 5.97 Å². The molecule has 1 aromatic heterocycles. The molecule has 0 spiro atoms. The summed E-state index contributed by atoms with van der Waals surface area (Å²) in [6, 6.07) is 17.3. The Morgan fingerprint density at radius 3 is 2.12 bits per heavy atom. The lowest BCUT2D eigenvalue weighted by Crippen LogP contribution is -2.31. The van der Waals surface area contributed by atoms with Gasteiger partial charge in [-0.1, -0.05) is 30.3 Å². The molecule has 0 aliphatic carbocycles. The smallest absolute Gasteiger partial charge is 0.354 e. The fourth-order valence-electron chi connectivity index (χ4n) is 2.92. The molecule has 0 aliphatic rings. The maximum absolute atomic E-state index is 12.5. The number of pyridine rings is 1. The van der Waals surface area contributed by atoms with Crippen molar-refractivity contribution in [3.8, 4) is 0 Å². The van der Waals surface area contributed by atoms with Crippen LogP contribution in [0.1, 0.15) is 43.2 Å². The highest BCUT2D eigenvalue weighted by atomic mass is 32.2. The van der Waals surface area contributed by atoms with Gasteiger partial charge in [0, 0.05) is 18.3 Å². The van der Waals surface area contributed by atoms with E-state index in [1.54, 1.807) is 0 Å². The summed E-state index contributed by atoms with van der Waals surface area (Å²) >= 11 is 0. The van der Waals surface area contributed by atoms with Crippen LogP contribution in [-0.4, -0.2) is 42.8 Å². The van der Waals surface area contributed by atoms with Gasteiger partial charge in [0.1, 0.15) is 5.69 Å². The fraction of sp³-hybridized carbons (Fsp3) is 0.130. The minimum atomic E-state index is -4.20. The molecule has 1 heterocycles. The molecule has 170 valence electrons. The first kappa shape index (κ1) is 23.6. The predicted octanol–water partition coefficient (Wildman–Crippen LogP) is 2.26. The monoisotopic (exact) mass is 467 g/mol. The van der Waals surface area contributed by atoms with Crippen LogP contribution >= 0.6 is 0 Å². The number of aromatic carboxylic acids is 1. The lowest BCUT2D eigenvalue weighted by atomic mass is 10.1. The molecule has 3 rings (SSSR count). The molecule has 3 aromatic rings. The Kier molecular flexibility index (Phi) is 7.52. The van der Waals surface area contributed by atoms with Crippen molar-refractivity contribution in [2.45, 2.75) is 17.7 Å². The molecule has 0 unspecified atom stereocenters. The second kappa shape index (κ2) is 10.5. The molecule has 9 nitrogen and oxygen atoms in total. The molecule has 2 aromatic carbocycles. The minimum absolute atomic E-state index is 0.116. The van der Waals surface area contributed by atoms with Gasteiger partial charge in [0.05, 0.1) is 10.5 Å². The number of hydrogen-bond acceptors (Lipinski definition) is 6. The van der Waals surface area contributed by atoms with Crippen molar-refractivity contribution >= 4 is 27.8 Å². The first-order chi connectivity index (χ1) is 15.8. The van der Waals surface area contributed by atoms with E-state index in [1.807, 2.05) is 35.1 Å². The van der Waals surface area contributed by atoms with Crippen molar-refractivity contribution < 1.29 is 27.9 Å². The molecule has 0 fully saturated rings. The van der Waals surface area contributed by atoms with Crippen molar-refractivity contribution in [1.82, 2.24) is 15.0 Å². The van der Waals surface area contributed by atoms with Crippen LogP contribution in [0.4, 0.5) is 0 Å². The van der Waals surface area contributed by atoms with E-state index in [4.69, 9.17) is 5.11 Å². The molecule has 2 amide bonds. The topological polar surface area (TPSA) is 143 Å². The van der Waals surface area contributed by atoms with Crippen LogP contribution in [0.5, 0.6) is 0 Å². The summed E-state index contributed by atoms with van der Waals surface area (Å²) in [5.41, 5.74) is 1.07. The van der Waals surface area contributed by atoms with E-state index in [-0.39, 0.29) is 27.6 Å². The third kappa shape index (κ3) is 6.47. The molecule has 0 radical (unpaired) electrons. The standard InChI is InChI=1S/C23H21N3O6S/c27-21(24-14-4-7-16-5-2-1-3-6-16)17-8-11-19(12-9-17)33(31,32)26-22(28)18-10-13-20(23(29)30)25-15-18/h1-3,5-6,8-13,15H,4,7,14H2,(H,24,27)(H,26,28)(H,29,30). The Morgan fingerprint density at radius 1 is 0.848 bits per heavy atom. The number of carbonyl (C=O) groups excluding carboxylic acids is 2. The lowest BCUT2D eigenvalue weighted by Gasteiger charge is -2.09. The van der Waals surface area contributed by atoms with Crippen molar-refractivity contribution in [2.75, 3.05) is 6.54 Å². The number of amides is 2. The van der Waals surface area contributed by atoms with E-state index in [9.17, 15) is 22.8 Å². The number of carboxylic acids is 1. The number of hydrogen-bond donors (Lipinski definition) is 3. The zero-order valence-electron chi connectivity index (χ0n) is 17.4. The summed E-state index contributed by atoms with van der Waals surface area (Å²) < 4.78 is 26.8. The van der Waals surface area contributed by atoms with Gasteiger partial charge in [-0.05, 0) is 54.8 Å². The molecule has 0 atom stereocenters. The number of sulfonamides is 1. The Balaban J connectivity index is 1.55. The lowest BCUT2D eigenvalue weighted by molar-refractivity contribution is 0.0689. The largest absolute Gasteiger partial charge is 0.477 e. The van der Waals surface area contributed by atoms with E-state index in [0.717, 1.165) is 31.2 Å². The van der Waals surface area contributed by atoms with Crippen molar-refractivity contribution in [3.63, 3.8) is 0 Å². The Labute approximate surface area is 190 Å². The molecule has 0 saturated heterocycles. The summed E-state index contributed by atoms with van der Waals surface area (Å²) in [6.45, 7) is 0.471. The summed E-state index contributed by atoms with van der Waals surface area (Å²) in [5.74, 6) is -2.56. The number of rotatable bonds is 9. The Morgan fingerprint density at radius 2 is 1.52 bits per heavy atom. The maximum Gasteiger partial charge on any atom is 0.354 e. The van der Waals surface area contributed by atoms with Crippen LogP contribution in [0.2, 0.25) is 0 Å². The second-order valence-corrected chi connectivity index (χ2v) is 8.72. The number of carbonyl (C=O) groups is 3. The molecule has 0 aliphatic heterocycles. The average molecular weight is 468 g/mol. The average Bonchev–Trinajstić information content (AvgIpc) is 2.82. The third-order valence-corrected chi connectivity index (χ3v) is 6.02. The first-order valence-electron chi connectivity index (χ1n) is 9.95. The zero-order chi connectivity index (χ0) is 23.8. The van der Waals surface area contributed by atoms with Crippen LogP contribution in [0.25, 0.3) is 0 Å². The molecular weight excluding hydrogens is 446 g/mol. The van der Waals surface area contributed by atoms with E-state index in [0.29, 0.717) is 6.54 Å². The number of benzene rings is 2. The van der Waals surface area contributed by atoms with Gasteiger partial charge in [-0.15, -0.1) is 0 Å². The third-order valence-electron chi connectivity index (χ3n) is 4.67. The Hall–Kier alpha value is -4.05. The quantitative estimate of drug-likeness (QED) is 0.410. The normalized spacial score (nSPS) is 10.9. The molecule has 10 heteroatoms. The van der Waals surface area contributed by atoms with Gasteiger partial charge in [-0.2, -0.15) is 0 Å². The van der Waals surface area contributed by atoms with Gasteiger partial charge in [0.25, 0.3) is 21.8 Å². The zero-order valence-corrected chi connectivity index (χ0v) is 18.2. The van der Waals surface area contributed by atoms with Gasteiger partial charge in [-0.3, -0.25) is 9.59 Å². The molecule has 3 N–H and O–H groups in total. The predicted molar refractivity (Wildman–Crippen MR) is 119 cm³/mol. The van der Waals surface area contributed by atoms with Gasteiger partial charge in [0.15, 0.2) is 0 Å². The maximum atomic E-state index is 12.5. The van der Waals surface area contributed by atoms with Crippen LogP contribution in [0, 0.1) is 0 Å². The fourth-order valence-corrected chi connectivity index (χ4v) is 3.90. The second-order valence-electron chi connectivity index (χ2n) is 7.04. The number of aryl methyl sites for hydroxylation is 1. The van der Waals surface area contributed by atoms with Gasteiger partial charge in [0.2, 0.25) is 0 Å². The summed E-state index contributed by atoms with van der Waals surface area (Å²) in [5, 5.41) is 11.6. The van der Waals surface area contributed by atoms with E-state index in [2.05, 4.69) is 10.3 Å². The molecule has 0 bridgehead atoms. The number of nitrogens with one attached hydrogen (secondary N) is 2. The summed E-state index contributed by atoms with van der Waals surface area (Å²) in [4.78, 5) is 38.7. The van der Waals surface area contributed by atoms with Crippen molar-refractivity contribution in [1.29, 1.82) is 0 Å². The van der Waals surface area contributed by atoms with E-state index in [1.165, 1.54) is 29.8 Å². The highest BCUT2D eigenvalue weighted by Crippen LogP contribution is 2.12.